The average Bonchev–Trinajstić information content (AvgIpc) is 2.36. The van der Waals surface area contributed by atoms with Crippen LogP contribution in [-0.4, -0.2) is 19.3 Å². The molecule has 104 valence electrons. The molecule has 0 aliphatic heterocycles. The van der Waals surface area contributed by atoms with E-state index in [1.54, 1.807) is 14.0 Å². The molecular formula is C16H23NO2. The molecule has 0 aromatic heterocycles. The van der Waals surface area contributed by atoms with Crippen LogP contribution in [0.25, 0.3) is 0 Å². The Morgan fingerprint density at radius 2 is 1.95 bits per heavy atom. The summed E-state index contributed by atoms with van der Waals surface area (Å²) in [6.45, 7) is 9.41. The standard InChI is InChI=1S/C16H23NO2/c1-6-7-10-19-14-9-8-13(11-15(14)18-5)12-17-16(2,3)4/h8-9,11,17H,10,12H2,1-5H3. The Morgan fingerprint density at radius 3 is 2.53 bits per heavy atom. The molecule has 1 aromatic rings. The Labute approximate surface area is 116 Å². The van der Waals surface area contributed by atoms with Gasteiger partial charge < -0.3 is 14.8 Å². The summed E-state index contributed by atoms with van der Waals surface area (Å²) in [5, 5.41) is 3.44. The van der Waals surface area contributed by atoms with Gasteiger partial charge in [0.1, 0.15) is 6.61 Å². The minimum absolute atomic E-state index is 0.0964. The van der Waals surface area contributed by atoms with Crippen molar-refractivity contribution in [3.63, 3.8) is 0 Å². The second kappa shape index (κ2) is 7.06. The molecule has 0 spiro atoms. The van der Waals surface area contributed by atoms with Crippen molar-refractivity contribution >= 4 is 0 Å². The van der Waals surface area contributed by atoms with E-state index in [-0.39, 0.29) is 5.54 Å². The monoisotopic (exact) mass is 261 g/mol. The van der Waals surface area contributed by atoms with Crippen LogP contribution in [0.3, 0.4) is 0 Å². The molecule has 19 heavy (non-hydrogen) atoms. The van der Waals surface area contributed by atoms with Crippen molar-refractivity contribution in [3.8, 4) is 23.3 Å². The van der Waals surface area contributed by atoms with Gasteiger partial charge in [-0.25, -0.2) is 0 Å². The van der Waals surface area contributed by atoms with Gasteiger partial charge in [0.15, 0.2) is 11.5 Å². The van der Waals surface area contributed by atoms with Gasteiger partial charge in [-0.2, -0.15) is 0 Å². The van der Waals surface area contributed by atoms with Crippen molar-refractivity contribution in [1.82, 2.24) is 5.32 Å². The van der Waals surface area contributed by atoms with Gasteiger partial charge in [0.05, 0.1) is 7.11 Å². The predicted octanol–water partition coefficient (Wildman–Crippen LogP) is 2.99. The normalized spacial score (nSPS) is 10.6. The Hall–Kier alpha value is -1.66. The van der Waals surface area contributed by atoms with E-state index in [1.165, 1.54) is 5.56 Å². The molecule has 0 aliphatic rings. The SMILES string of the molecule is CC#CCOc1ccc(CNC(C)(C)C)cc1OC. The highest BCUT2D eigenvalue weighted by Gasteiger charge is 2.10. The Bertz CT molecular complexity index is 464. The van der Waals surface area contributed by atoms with Crippen LogP contribution in [0.5, 0.6) is 11.5 Å². The lowest BCUT2D eigenvalue weighted by molar-refractivity contribution is 0.330. The summed E-state index contributed by atoms with van der Waals surface area (Å²) in [5.74, 6) is 7.13. The minimum Gasteiger partial charge on any atom is -0.493 e. The van der Waals surface area contributed by atoms with Crippen molar-refractivity contribution in [3.05, 3.63) is 23.8 Å². The molecule has 0 bridgehead atoms. The van der Waals surface area contributed by atoms with Crippen LogP contribution in [0.1, 0.15) is 33.3 Å². The first-order chi connectivity index (χ1) is 8.96. The molecule has 0 saturated carbocycles. The molecule has 3 nitrogen and oxygen atoms in total. The zero-order valence-electron chi connectivity index (χ0n) is 12.5. The van der Waals surface area contributed by atoms with E-state index in [0.717, 1.165) is 18.0 Å². The third kappa shape index (κ3) is 5.67. The van der Waals surface area contributed by atoms with Gasteiger partial charge in [-0.15, -0.1) is 5.92 Å². The van der Waals surface area contributed by atoms with Crippen molar-refractivity contribution in [2.45, 2.75) is 39.8 Å². The Balaban J connectivity index is 2.74. The van der Waals surface area contributed by atoms with Gasteiger partial charge in [-0.3, -0.25) is 0 Å². The van der Waals surface area contributed by atoms with Crippen LogP contribution < -0.4 is 14.8 Å². The zero-order chi connectivity index (χ0) is 14.3. The summed E-state index contributed by atoms with van der Waals surface area (Å²) < 4.78 is 10.9. The lowest BCUT2D eigenvalue weighted by atomic mass is 10.1. The number of nitrogens with one attached hydrogen (secondary N) is 1. The summed E-state index contributed by atoms with van der Waals surface area (Å²) >= 11 is 0. The van der Waals surface area contributed by atoms with Gasteiger partial charge in [0.25, 0.3) is 0 Å². The fourth-order valence-electron chi connectivity index (χ4n) is 1.49. The maximum atomic E-state index is 5.55. The van der Waals surface area contributed by atoms with Gasteiger partial charge in [-0.05, 0) is 45.4 Å². The third-order valence-electron chi connectivity index (χ3n) is 2.53. The molecule has 0 heterocycles. The van der Waals surface area contributed by atoms with Crippen LogP contribution in [0, 0.1) is 11.8 Å². The van der Waals surface area contributed by atoms with E-state index in [2.05, 4.69) is 37.9 Å². The molecule has 0 unspecified atom stereocenters. The predicted molar refractivity (Wildman–Crippen MR) is 78.5 cm³/mol. The number of hydrogen-bond acceptors (Lipinski definition) is 3. The lowest BCUT2D eigenvalue weighted by Gasteiger charge is -2.21. The molecule has 3 heteroatoms. The molecular weight excluding hydrogens is 238 g/mol. The van der Waals surface area contributed by atoms with E-state index in [0.29, 0.717) is 6.61 Å². The van der Waals surface area contributed by atoms with Crippen molar-refractivity contribution in [2.75, 3.05) is 13.7 Å². The highest BCUT2D eigenvalue weighted by molar-refractivity contribution is 5.43. The number of ether oxygens (including phenoxy) is 2. The Kier molecular flexibility index (Phi) is 5.72. The topological polar surface area (TPSA) is 30.5 Å². The second-order valence-corrected chi connectivity index (χ2v) is 5.30. The van der Waals surface area contributed by atoms with Crippen molar-refractivity contribution in [2.24, 2.45) is 0 Å². The average molecular weight is 261 g/mol. The molecule has 1 rings (SSSR count). The van der Waals surface area contributed by atoms with Crippen LogP contribution in [0.2, 0.25) is 0 Å². The molecule has 0 saturated heterocycles. The summed E-state index contributed by atoms with van der Waals surface area (Å²) in [5.41, 5.74) is 1.26. The highest BCUT2D eigenvalue weighted by Crippen LogP contribution is 2.28. The smallest absolute Gasteiger partial charge is 0.162 e. The maximum Gasteiger partial charge on any atom is 0.162 e. The third-order valence-corrected chi connectivity index (χ3v) is 2.53. The maximum absolute atomic E-state index is 5.55. The Morgan fingerprint density at radius 1 is 1.21 bits per heavy atom. The molecule has 0 fully saturated rings. The first kappa shape index (κ1) is 15.4. The summed E-state index contributed by atoms with van der Waals surface area (Å²) in [7, 11) is 1.65. The number of benzene rings is 1. The molecule has 1 N–H and O–H groups in total. The van der Waals surface area contributed by atoms with E-state index in [1.807, 2.05) is 18.2 Å². The van der Waals surface area contributed by atoms with Crippen molar-refractivity contribution < 1.29 is 9.47 Å². The molecule has 0 radical (unpaired) electrons. The van der Waals surface area contributed by atoms with Crippen LogP contribution in [0.15, 0.2) is 18.2 Å². The van der Waals surface area contributed by atoms with E-state index < -0.39 is 0 Å². The van der Waals surface area contributed by atoms with Crippen molar-refractivity contribution in [1.29, 1.82) is 0 Å². The first-order valence-corrected chi connectivity index (χ1v) is 6.40. The largest absolute Gasteiger partial charge is 0.493 e. The van der Waals surface area contributed by atoms with Gasteiger partial charge in [-0.1, -0.05) is 12.0 Å². The molecule has 0 aliphatic carbocycles. The van der Waals surface area contributed by atoms with Crippen LogP contribution in [-0.2, 0) is 6.54 Å². The molecule has 0 atom stereocenters. The molecule has 0 amide bonds. The highest BCUT2D eigenvalue weighted by atomic mass is 16.5. The number of methoxy groups -OCH3 is 1. The van der Waals surface area contributed by atoms with Gasteiger partial charge >= 0.3 is 0 Å². The first-order valence-electron chi connectivity index (χ1n) is 6.40. The summed E-state index contributed by atoms with van der Waals surface area (Å²) in [6, 6.07) is 5.96. The minimum atomic E-state index is 0.0964. The van der Waals surface area contributed by atoms with Crippen LogP contribution in [0.4, 0.5) is 0 Å². The van der Waals surface area contributed by atoms with Crippen LogP contribution >= 0.6 is 0 Å². The van der Waals surface area contributed by atoms with E-state index in [9.17, 15) is 0 Å². The van der Waals surface area contributed by atoms with E-state index >= 15 is 0 Å². The van der Waals surface area contributed by atoms with Gasteiger partial charge in [0, 0.05) is 12.1 Å². The molecule has 1 aromatic carbocycles. The van der Waals surface area contributed by atoms with E-state index in [4.69, 9.17) is 9.47 Å². The summed E-state index contributed by atoms with van der Waals surface area (Å²) in [4.78, 5) is 0. The summed E-state index contributed by atoms with van der Waals surface area (Å²) in [6.07, 6.45) is 0. The fourth-order valence-corrected chi connectivity index (χ4v) is 1.49. The van der Waals surface area contributed by atoms with Gasteiger partial charge in [0.2, 0.25) is 0 Å². The fraction of sp³-hybridized carbons (Fsp3) is 0.500. The lowest BCUT2D eigenvalue weighted by Crippen LogP contribution is -2.35. The number of hydrogen-bond donors (Lipinski definition) is 1. The second-order valence-electron chi connectivity index (χ2n) is 5.30. The number of rotatable bonds is 5. The zero-order valence-corrected chi connectivity index (χ0v) is 12.5. The quantitative estimate of drug-likeness (QED) is 0.827.